The van der Waals surface area contributed by atoms with Crippen molar-refractivity contribution in [2.75, 3.05) is 26.2 Å². The molecule has 0 atom stereocenters. The zero-order valence-electron chi connectivity index (χ0n) is 8.20. The maximum Gasteiger partial charge on any atom is 0.410 e. The second-order valence-corrected chi connectivity index (χ2v) is 3.64. The minimum absolute atomic E-state index is 0. The summed E-state index contributed by atoms with van der Waals surface area (Å²) in [5.41, 5.74) is 0. The Balaban J connectivity index is 0.000000980. The highest BCUT2D eigenvalue weighted by molar-refractivity contribution is 5.85. The molecule has 2 rings (SSSR count). The lowest BCUT2D eigenvalue weighted by Crippen LogP contribution is -2.49. The summed E-state index contributed by atoms with van der Waals surface area (Å²) in [7, 11) is 0. The number of nitrogens with one attached hydrogen (secondary N) is 1. The number of rotatable bonds is 1. The molecular weight excluding hydrogens is 204 g/mol. The summed E-state index contributed by atoms with van der Waals surface area (Å²) in [5, 5.41) is 3.29. The standard InChI is InChI=1S/C9H16N2O2.ClH/c12-9-11(6-1-7-13-9)8-2-4-10-5-3-8;/h8,10H,1-7H2;1H. The van der Waals surface area contributed by atoms with Gasteiger partial charge in [-0.05, 0) is 32.4 Å². The van der Waals surface area contributed by atoms with E-state index in [0.717, 1.165) is 38.9 Å². The first-order valence-electron chi connectivity index (χ1n) is 5.02. The van der Waals surface area contributed by atoms with Crippen LogP contribution in [0.4, 0.5) is 4.79 Å². The van der Waals surface area contributed by atoms with Crippen molar-refractivity contribution in [3.8, 4) is 0 Å². The Labute approximate surface area is 90.4 Å². The van der Waals surface area contributed by atoms with Crippen molar-refractivity contribution in [1.82, 2.24) is 10.2 Å². The minimum atomic E-state index is -0.113. The topological polar surface area (TPSA) is 41.6 Å². The lowest BCUT2D eigenvalue weighted by atomic mass is 10.0. The van der Waals surface area contributed by atoms with Gasteiger partial charge in [-0.25, -0.2) is 4.79 Å². The van der Waals surface area contributed by atoms with E-state index in [-0.39, 0.29) is 18.5 Å². The first kappa shape index (κ1) is 11.6. The molecule has 0 aromatic carbocycles. The van der Waals surface area contributed by atoms with Crippen LogP contribution in [0.2, 0.25) is 0 Å². The summed E-state index contributed by atoms with van der Waals surface area (Å²) in [4.78, 5) is 13.3. The van der Waals surface area contributed by atoms with E-state index in [4.69, 9.17) is 4.74 Å². The number of piperidine rings is 1. The molecule has 4 nitrogen and oxygen atoms in total. The van der Waals surface area contributed by atoms with Crippen LogP contribution in [-0.4, -0.2) is 43.3 Å². The summed E-state index contributed by atoms with van der Waals surface area (Å²) in [5.74, 6) is 0. The number of carbonyl (C=O) groups is 1. The molecule has 2 aliphatic heterocycles. The van der Waals surface area contributed by atoms with Crippen LogP contribution in [0.3, 0.4) is 0 Å². The number of hydrogen-bond acceptors (Lipinski definition) is 3. The lowest BCUT2D eigenvalue weighted by molar-refractivity contribution is 0.0486. The molecule has 14 heavy (non-hydrogen) atoms. The molecule has 0 radical (unpaired) electrons. The predicted molar refractivity (Wildman–Crippen MR) is 55.8 cm³/mol. The molecule has 0 aromatic rings. The van der Waals surface area contributed by atoms with Crippen LogP contribution in [-0.2, 0) is 4.74 Å². The van der Waals surface area contributed by atoms with Gasteiger partial charge in [0.05, 0.1) is 6.61 Å². The Morgan fingerprint density at radius 3 is 2.71 bits per heavy atom. The Bertz CT molecular complexity index is 195. The van der Waals surface area contributed by atoms with E-state index in [1.165, 1.54) is 0 Å². The van der Waals surface area contributed by atoms with Gasteiger partial charge in [-0.15, -0.1) is 12.4 Å². The van der Waals surface area contributed by atoms with E-state index < -0.39 is 0 Å². The van der Waals surface area contributed by atoms with Gasteiger partial charge in [0, 0.05) is 12.6 Å². The predicted octanol–water partition coefficient (Wildman–Crippen LogP) is 1.00. The second kappa shape index (κ2) is 5.41. The third kappa shape index (κ3) is 2.51. The number of halogens is 1. The van der Waals surface area contributed by atoms with Gasteiger partial charge in [-0.2, -0.15) is 0 Å². The number of hydrogen-bond donors (Lipinski definition) is 1. The van der Waals surface area contributed by atoms with Gasteiger partial charge < -0.3 is 15.0 Å². The Hall–Kier alpha value is -0.480. The highest BCUT2D eigenvalue weighted by Crippen LogP contribution is 2.16. The first-order chi connectivity index (χ1) is 6.38. The SMILES string of the molecule is Cl.O=C1OCCCN1C1CCNCC1. The molecule has 0 unspecified atom stereocenters. The number of amides is 1. The van der Waals surface area contributed by atoms with E-state index in [2.05, 4.69) is 5.32 Å². The molecule has 5 heteroatoms. The van der Waals surface area contributed by atoms with Gasteiger partial charge in [0.25, 0.3) is 0 Å². The van der Waals surface area contributed by atoms with Crippen LogP contribution in [0.25, 0.3) is 0 Å². The molecule has 0 saturated carbocycles. The fourth-order valence-corrected chi connectivity index (χ4v) is 2.02. The highest BCUT2D eigenvalue weighted by atomic mass is 35.5. The molecule has 2 aliphatic rings. The van der Waals surface area contributed by atoms with Crippen molar-refractivity contribution >= 4 is 18.5 Å². The average molecular weight is 221 g/mol. The lowest BCUT2D eigenvalue weighted by Gasteiger charge is -2.36. The summed E-state index contributed by atoms with van der Waals surface area (Å²) in [6.45, 7) is 3.52. The summed E-state index contributed by atoms with van der Waals surface area (Å²) < 4.78 is 5.01. The monoisotopic (exact) mass is 220 g/mol. The van der Waals surface area contributed by atoms with Gasteiger partial charge in [0.2, 0.25) is 0 Å². The van der Waals surface area contributed by atoms with E-state index >= 15 is 0 Å². The van der Waals surface area contributed by atoms with Crippen LogP contribution >= 0.6 is 12.4 Å². The molecule has 0 aromatic heterocycles. The molecule has 0 bridgehead atoms. The smallest absolute Gasteiger partial charge is 0.410 e. The van der Waals surface area contributed by atoms with Crippen LogP contribution in [0, 0.1) is 0 Å². The summed E-state index contributed by atoms with van der Waals surface area (Å²) >= 11 is 0. The summed E-state index contributed by atoms with van der Waals surface area (Å²) in [6.07, 6.45) is 3.00. The molecule has 2 fully saturated rings. The zero-order chi connectivity index (χ0) is 9.10. The fraction of sp³-hybridized carbons (Fsp3) is 0.889. The Morgan fingerprint density at radius 1 is 1.36 bits per heavy atom. The molecule has 1 amide bonds. The minimum Gasteiger partial charge on any atom is -0.449 e. The van der Waals surface area contributed by atoms with E-state index in [1.54, 1.807) is 0 Å². The number of nitrogens with zero attached hydrogens (tertiary/aromatic N) is 1. The molecule has 2 saturated heterocycles. The van der Waals surface area contributed by atoms with Gasteiger partial charge in [-0.1, -0.05) is 0 Å². The molecule has 2 heterocycles. The average Bonchev–Trinajstić information content (AvgIpc) is 2.20. The molecule has 1 N–H and O–H groups in total. The molecule has 82 valence electrons. The number of carbonyl (C=O) groups excluding carboxylic acids is 1. The van der Waals surface area contributed by atoms with Gasteiger partial charge >= 0.3 is 6.09 Å². The van der Waals surface area contributed by atoms with Crippen LogP contribution in [0.15, 0.2) is 0 Å². The van der Waals surface area contributed by atoms with Crippen molar-refractivity contribution in [2.24, 2.45) is 0 Å². The first-order valence-corrected chi connectivity index (χ1v) is 5.02. The maximum absolute atomic E-state index is 11.4. The van der Waals surface area contributed by atoms with Crippen LogP contribution in [0.1, 0.15) is 19.3 Å². The maximum atomic E-state index is 11.4. The normalized spacial score (nSPS) is 24.0. The molecular formula is C9H17ClN2O2. The van der Waals surface area contributed by atoms with Gasteiger partial charge in [0.1, 0.15) is 0 Å². The van der Waals surface area contributed by atoms with Crippen molar-refractivity contribution in [3.05, 3.63) is 0 Å². The third-order valence-electron chi connectivity index (χ3n) is 2.75. The van der Waals surface area contributed by atoms with Gasteiger partial charge in [0.15, 0.2) is 0 Å². The van der Waals surface area contributed by atoms with Crippen LogP contribution in [0.5, 0.6) is 0 Å². The molecule has 0 aliphatic carbocycles. The number of cyclic esters (lactones) is 1. The highest BCUT2D eigenvalue weighted by Gasteiger charge is 2.28. The largest absolute Gasteiger partial charge is 0.449 e. The zero-order valence-corrected chi connectivity index (χ0v) is 9.02. The quantitative estimate of drug-likeness (QED) is 0.717. The Kier molecular flexibility index (Phi) is 4.48. The second-order valence-electron chi connectivity index (χ2n) is 3.64. The molecule has 0 spiro atoms. The number of ether oxygens (including phenoxy) is 1. The van der Waals surface area contributed by atoms with E-state index in [1.807, 2.05) is 4.90 Å². The van der Waals surface area contributed by atoms with Crippen molar-refractivity contribution in [3.63, 3.8) is 0 Å². The van der Waals surface area contributed by atoms with Gasteiger partial charge in [-0.3, -0.25) is 0 Å². The van der Waals surface area contributed by atoms with E-state index in [0.29, 0.717) is 12.6 Å². The van der Waals surface area contributed by atoms with Crippen molar-refractivity contribution in [2.45, 2.75) is 25.3 Å². The fourth-order valence-electron chi connectivity index (χ4n) is 2.02. The summed E-state index contributed by atoms with van der Waals surface area (Å²) in [6, 6.07) is 0.411. The van der Waals surface area contributed by atoms with Crippen LogP contribution < -0.4 is 5.32 Å². The van der Waals surface area contributed by atoms with Crippen molar-refractivity contribution in [1.29, 1.82) is 0 Å². The van der Waals surface area contributed by atoms with Crippen molar-refractivity contribution < 1.29 is 9.53 Å². The Morgan fingerprint density at radius 2 is 2.07 bits per heavy atom. The third-order valence-corrected chi connectivity index (χ3v) is 2.75. The van der Waals surface area contributed by atoms with E-state index in [9.17, 15) is 4.79 Å².